The van der Waals surface area contributed by atoms with Gasteiger partial charge in [-0.1, -0.05) is 30.3 Å². The number of nitrogens with zero attached hydrogens (tertiary/aromatic N) is 2. The van der Waals surface area contributed by atoms with Crippen molar-refractivity contribution in [3.63, 3.8) is 0 Å². The second-order valence-corrected chi connectivity index (χ2v) is 8.15. The monoisotopic (exact) mass is 447 g/mol. The Morgan fingerprint density at radius 3 is 2.55 bits per heavy atom. The summed E-state index contributed by atoms with van der Waals surface area (Å²) in [5.41, 5.74) is 7.93. The van der Waals surface area contributed by atoms with E-state index in [4.69, 9.17) is 4.98 Å². The Bertz CT molecular complexity index is 1230. The Kier molecular flexibility index (Phi) is 5.24. The number of hydrogen-bond acceptors (Lipinski definition) is 2. The number of carbonyl (C=O) groups is 1. The van der Waals surface area contributed by atoms with Crippen molar-refractivity contribution in [1.29, 1.82) is 0 Å². The lowest BCUT2D eigenvalue weighted by Crippen LogP contribution is -2.16. The molecule has 0 aliphatic heterocycles. The molecule has 4 rings (SSSR count). The van der Waals surface area contributed by atoms with Crippen molar-refractivity contribution in [3.05, 3.63) is 87.7 Å². The van der Waals surface area contributed by atoms with Gasteiger partial charge in [-0.25, -0.2) is 4.98 Å². The fourth-order valence-corrected chi connectivity index (χ4v) is 3.83. The van der Waals surface area contributed by atoms with Crippen LogP contribution in [-0.2, 0) is 11.2 Å². The molecular formula is C24H22BrN3O. The number of anilines is 1. The zero-order chi connectivity index (χ0) is 20.5. The number of benzene rings is 2. The van der Waals surface area contributed by atoms with Crippen molar-refractivity contribution in [3.8, 4) is 11.3 Å². The minimum Gasteiger partial charge on any atom is -0.325 e. The fraction of sp³-hybridized carbons (Fsp3) is 0.167. The molecule has 5 heteroatoms. The van der Waals surface area contributed by atoms with Gasteiger partial charge in [-0.2, -0.15) is 0 Å². The highest BCUT2D eigenvalue weighted by Gasteiger charge is 2.19. The molecule has 2 aromatic carbocycles. The van der Waals surface area contributed by atoms with Crippen LogP contribution in [-0.4, -0.2) is 15.3 Å². The van der Waals surface area contributed by atoms with Crippen molar-refractivity contribution in [2.45, 2.75) is 27.2 Å². The van der Waals surface area contributed by atoms with Crippen LogP contribution < -0.4 is 5.32 Å². The molecule has 0 atom stereocenters. The lowest BCUT2D eigenvalue weighted by Gasteiger charge is -2.10. The molecule has 2 heterocycles. The van der Waals surface area contributed by atoms with E-state index in [1.807, 2.05) is 53.9 Å². The first kappa shape index (κ1) is 19.4. The van der Waals surface area contributed by atoms with Gasteiger partial charge in [0.15, 0.2) is 0 Å². The molecule has 0 saturated heterocycles. The van der Waals surface area contributed by atoms with E-state index in [0.717, 1.165) is 38.3 Å². The minimum atomic E-state index is -0.0784. The van der Waals surface area contributed by atoms with E-state index in [0.29, 0.717) is 0 Å². The Labute approximate surface area is 178 Å². The second kappa shape index (κ2) is 7.84. The van der Waals surface area contributed by atoms with Crippen LogP contribution in [0.1, 0.15) is 22.4 Å². The predicted octanol–water partition coefficient (Wildman–Crippen LogP) is 5.87. The quantitative estimate of drug-likeness (QED) is 0.425. The number of amides is 1. The van der Waals surface area contributed by atoms with Crippen LogP contribution in [0.5, 0.6) is 0 Å². The van der Waals surface area contributed by atoms with Gasteiger partial charge in [0.1, 0.15) is 5.65 Å². The lowest BCUT2D eigenvalue weighted by atomic mass is 10.0. The van der Waals surface area contributed by atoms with Gasteiger partial charge in [0.2, 0.25) is 5.91 Å². The predicted molar refractivity (Wildman–Crippen MR) is 121 cm³/mol. The molecule has 4 nitrogen and oxygen atoms in total. The average Bonchev–Trinajstić information content (AvgIpc) is 3.06. The number of carbonyl (C=O) groups excluding carboxylic acids is 1. The number of hydrogen-bond donors (Lipinski definition) is 1. The molecule has 1 N–H and O–H groups in total. The zero-order valence-corrected chi connectivity index (χ0v) is 18.2. The smallest absolute Gasteiger partial charge is 0.230 e. The maximum atomic E-state index is 12.9. The molecule has 0 aliphatic rings. The SMILES string of the molecule is Cc1ccc(-c2nc3c(C)cccn3c2CC(=O)Nc2ccccc2Br)cc1C. The van der Waals surface area contributed by atoms with Gasteiger partial charge in [-0.15, -0.1) is 0 Å². The number of aryl methyl sites for hydroxylation is 3. The van der Waals surface area contributed by atoms with Gasteiger partial charge in [-0.3, -0.25) is 4.79 Å². The van der Waals surface area contributed by atoms with Gasteiger partial charge in [0, 0.05) is 16.2 Å². The summed E-state index contributed by atoms with van der Waals surface area (Å²) < 4.78 is 2.89. The first-order valence-electron chi connectivity index (χ1n) is 9.52. The van der Waals surface area contributed by atoms with Crippen LogP contribution in [0.25, 0.3) is 16.9 Å². The van der Waals surface area contributed by atoms with Crippen LogP contribution in [0.3, 0.4) is 0 Å². The standard InChI is InChI=1S/C24H22BrN3O/c1-15-10-11-18(13-17(15)3)23-21(28-12-6-7-16(2)24(28)27-23)14-22(29)26-20-9-5-4-8-19(20)25/h4-13H,14H2,1-3H3,(H,26,29). The molecule has 0 spiro atoms. The highest BCUT2D eigenvalue weighted by molar-refractivity contribution is 9.10. The molecule has 0 fully saturated rings. The Morgan fingerprint density at radius 1 is 1.00 bits per heavy atom. The van der Waals surface area contributed by atoms with Gasteiger partial charge >= 0.3 is 0 Å². The maximum Gasteiger partial charge on any atom is 0.230 e. The second-order valence-electron chi connectivity index (χ2n) is 7.30. The highest BCUT2D eigenvalue weighted by Crippen LogP contribution is 2.28. The number of pyridine rings is 1. The molecule has 0 saturated carbocycles. The maximum absolute atomic E-state index is 12.9. The number of nitrogens with one attached hydrogen (secondary N) is 1. The van der Waals surface area contributed by atoms with Crippen LogP contribution in [0.15, 0.2) is 65.3 Å². The van der Waals surface area contributed by atoms with Gasteiger partial charge in [0.25, 0.3) is 0 Å². The van der Waals surface area contributed by atoms with Crippen LogP contribution >= 0.6 is 15.9 Å². The first-order valence-corrected chi connectivity index (χ1v) is 10.3. The Hall–Kier alpha value is -2.92. The summed E-state index contributed by atoms with van der Waals surface area (Å²) in [4.78, 5) is 17.8. The Balaban J connectivity index is 1.77. The third kappa shape index (κ3) is 3.83. The summed E-state index contributed by atoms with van der Waals surface area (Å²) in [5.74, 6) is -0.0784. The third-order valence-electron chi connectivity index (χ3n) is 5.20. The number of fused-ring (bicyclic) bond motifs is 1. The van der Waals surface area contributed by atoms with E-state index in [-0.39, 0.29) is 12.3 Å². The van der Waals surface area contributed by atoms with E-state index in [1.165, 1.54) is 11.1 Å². The molecule has 29 heavy (non-hydrogen) atoms. The molecule has 2 aromatic heterocycles. The van der Waals surface area contributed by atoms with E-state index in [9.17, 15) is 4.79 Å². The zero-order valence-electron chi connectivity index (χ0n) is 16.7. The van der Waals surface area contributed by atoms with Gasteiger partial charge in [-0.05, 0) is 77.7 Å². The number of aromatic nitrogens is 2. The number of imidazole rings is 1. The van der Waals surface area contributed by atoms with E-state index in [2.05, 4.69) is 53.3 Å². The van der Waals surface area contributed by atoms with Crippen molar-refractivity contribution in [1.82, 2.24) is 9.38 Å². The third-order valence-corrected chi connectivity index (χ3v) is 5.89. The van der Waals surface area contributed by atoms with Crippen LogP contribution in [0, 0.1) is 20.8 Å². The van der Waals surface area contributed by atoms with Crippen LogP contribution in [0.2, 0.25) is 0 Å². The molecule has 4 aromatic rings. The first-order chi connectivity index (χ1) is 13.9. The van der Waals surface area contributed by atoms with Crippen molar-refractivity contribution in [2.75, 3.05) is 5.32 Å². The lowest BCUT2D eigenvalue weighted by molar-refractivity contribution is -0.115. The largest absolute Gasteiger partial charge is 0.325 e. The molecule has 0 unspecified atom stereocenters. The molecule has 1 amide bonds. The average molecular weight is 448 g/mol. The van der Waals surface area contributed by atoms with Crippen molar-refractivity contribution >= 4 is 33.2 Å². The van der Waals surface area contributed by atoms with E-state index >= 15 is 0 Å². The summed E-state index contributed by atoms with van der Waals surface area (Å²) in [6, 6.07) is 18.0. The minimum absolute atomic E-state index is 0.0784. The topological polar surface area (TPSA) is 46.4 Å². The van der Waals surface area contributed by atoms with E-state index in [1.54, 1.807) is 0 Å². The fourth-order valence-electron chi connectivity index (χ4n) is 3.45. The molecule has 146 valence electrons. The van der Waals surface area contributed by atoms with Crippen molar-refractivity contribution in [2.24, 2.45) is 0 Å². The summed E-state index contributed by atoms with van der Waals surface area (Å²) >= 11 is 3.49. The molecule has 0 aliphatic carbocycles. The number of halogens is 1. The van der Waals surface area contributed by atoms with Gasteiger partial charge in [0.05, 0.1) is 23.5 Å². The summed E-state index contributed by atoms with van der Waals surface area (Å²) in [6.45, 7) is 6.23. The number of rotatable bonds is 4. The summed E-state index contributed by atoms with van der Waals surface area (Å²) in [6.07, 6.45) is 2.20. The number of para-hydroxylation sites is 1. The molecular weight excluding hydrogens is 426 g/mol. The van der Waals surface area contributed by atoms with Crippen molar-refractivity contribution < 1.29 is 4.79 Å². The summed E-state index contributed by atoms with van der Waals surface area (Å²) in [5, 5.41) is 3.00. The summed E-state index contributed by atoms with van der Waals surface area (Å²) in [7, 11) is 0. The van der Waals surface area contributed by atoms with Crippen LogP contribution in [0.4, 0.5) is 5.69 Å². The Morgan fingerprint density at radius 2 is 1.79 bits per heavy atom. The van der Waals surface area contributed by atoms with Gasteiger partial charge < -0.3 is 9.72 Å². The molecule has 0 radical (unpaired) electrons. The highest BCUT2D eigenvalue weighted by atomic mass is 79.9. The normalized spacial score (nSPS) is 11.0. The molecule has 0 bridgehead atoms. The van der Waals surface area contributed by atoms with E-state index < -0.39 is 0 Å².